The Bertz CT molecular complexity index is 819. The minimum absolute atomic E-state index is 0.0321. The number of nitrogens with two attached hydrogens (primary N) is 1. The number of hydrogen-bond acceptors (Lipinski definition) is 3. The predicted molar refractivity (Wildman–Crippen MR) is 80.7 cm³/mol. The molecule has 0 unspecified atom stereocenters. The average molecular weight is 265 g/mol. The van der Waals surface area contributed by atoms with Crippen molar-refractivity contribution < 1.29 is 0 Å². The van der Waals surface area contributed by atoms with Crippen molar-refractivity contribution in [1.82, 2.24) is 9.55 Å². The Kier molecular flexibility index (Phi) is 2.99. The summed E-state index contributed by atoms with van der Waals surface area (Å²) in [6.45, 7) is 2.45. The van der Waals surface area contributed by atoms with Crippen molar-refractivity contribution >= 4 is 16.5 Å². The van der Waals surface area contributed by atoms with Crippen LogP contribution in [0.25, 0.3) is 10.8 Å². The molecular formula is C16H15N3O. The molecule has 0 aliphatic heterocycles. The molecular weight excluding hydrogens is 250 g/mol. The standard InChI is InChI=1S/C16H15N3O/c1-11-5-6-12(9-18-11)10-19-8-7-13-14(16(19)20)3-2-4-15(13)17/h2-9H,10,17H2,1H3. The Hall–Kier alpha value is -2.62. The van der Waals surface area contributed by atoms with Gasteiger partial charge in [-0.05, 0) is 36.8 Å². The van der Waals surface area contributed by atoms with Crippen LogP contribution in [0.2, 0.25) is 0 Å². The zero-order valence-corrected chi connectivity index (χ0v) is 11.2. The van der Waals surface area contributed by atoms with E-state index < -0.39 is 0 Å². The smallest absolute Gasteiger partial charge is 0.258 e. The first-order valence-electron chi connectivity index (χ1n) is 6.44. The number of fused-ring (bicyclic) bond motifs is 1. The van der Waals surface area contributed by atoms with Gasteiger partial charge in [0.2, 0.25) is 0 Å². The predicted octanol–water partition coefficient (Wildman–Crippen LogP) is 2.34. The normalized spacial score (nSPS) is 10.8. The lowest BCUT2D eigenvalue weighted by atomic mass is 10.1. The van der Waals surface area contributed by atoms with Gasteiger partial charge in [0.25, 0.3) is 5.56 Å². The van der Waals surface area contributed by atoms with Crippen LogP contribution < -0.4 is 11.3 Å². The zero-order valence-electron chi connectivity index (χ0n) is 11.2. The molecule has 0 spiro atoms. The SMILES string of the molecule is Cc1ccc(Cn2ccc3c(N)cccc3c2=O)cn1. The Labute approximate surface area is 116 Å². The molecule has 0 fully saturated rings. The van der Waals surface area contributed by atoms with E-state index in [9.17, 15) is 4.79 Å². The summed E-state index contributed by atoms with van der Waals surface area (Å²) >= 11 is 0. The van der Waals surface area contributed by atoms with Gasteiger partial charge in [0.15, 0.2) is 0 Å². The Morgan fingerprint density at radius 2 is 2.00 bits per heavy atom. The first-order chi connectivity index (χ1) is 9.65. The van der Waals surface area contributed by atoms with Crippen molar-refractivity contribution in [2.75, 3.05) is 5.73 Å². The van der Waals surface area contributed by atoms with Gasteiger partial charge < -0.3 is 10.3 Å². The lowest BCUT2D eigenvalue weighted by Crippen LogP contribution is -2.20. The molecule has 100 valence electrons. The number of pyridine rings is 2. The number of aryl methyl sites for hydroxylation is 1. The molecule has 0 saturated carbocycles. The van der Waals surface area contributed by atoms with E-state index in [2.05, 4.69) is 4.98 Å². The third-order valence-electron chi connectivity index (χ3n) is 3.38. The van der Waals surface area contributed by atoms with E-state index in [1.807, 2.05) is 25.1 Å². The van der Waals surface area contributed by atoms with Gasteiger partial charge in [-0.15, -0.1) is 0 Å². The number of hydrogen-bond donors (Lipinski definition) is 1. The third-order valence-corrected chi connectivity index (χ3v) is 3.38. The van der Waals surface area contributed by atoms with Gasteiger partial charge in [-0.2, -0.15) is 0 Å². The summed E-state index contributed by atoms with van der Waals surface area (Å²) in [6, 6.07) is 11.2. The van der Waals surface area contributed by atoms with Gasteiger partial charge >= 0.3 is 0 Å². The second-order valence-corrected chi connectivity index (χ2v) is 4.87. The van der Waals surface area contributed by atoms with Gasteiger partial charge in [0.05, 0.1) is 6.54 Å². The van der Waals surface area contributed by atoms with E-state index in [1.54, 1.807) is 35.2 Å². The molecule has 0 bridgehead atoms. The van der Waals surface area contributed by atoms with Crippen molar-refractivity contribution in [3.63, 3.8) is 0 Å². The molecule has 2 N–H and O–H groups in total. The molecule has 0 amide bonds. The van der Waals surface area contributed by atoms with Gasteiger partial charge in [-0.1, -0.05) is 12.1 Å². The van der Waals surface area contributed by atoms with Gasteiger partial charge in [0, 0.05) is 34.5 Å². The maximum Gasteiger partial charge on any atom is 0.258 e. The summed E-state index contributed by atoms with van der Waals surface area (Å²) < 4.78 is 1.67. The fourth-order valence-electron chi connectivity index (χ4n) is 2.26. The van der Waals surface area contributed by atoms with Crippen LogP contribution in [-0.4, -0.2) is 9.55 Å². The molecule has 0 aliphatic rings. The van der Waals surface area contributed by atoms with Crippen molar-refractivity contribution in [2.24, 2.45) is 0 Å². The van der Waals surface area contributed by atoms with Crippen LogP contribution >= 0.6 is 0 Å². The monoisotopic (exact) mass is 265 g/mol. The maximum atomic E-state index is 12.4. The second kappa shape index (κ2) is 4.81. The fourth-order valence-corrected chi connectivity index (χ4v) is 2.26. The summed E-state index contributed by atoms with van der Waals surface area (Å²) in [6.07, 6.45) is 3.58. The number of nitrogen functional groups attached to an aromatic ring is 1. The second-order valence-electron chi connectivity index (χ2n) is 4.87. The van der Waals surface area contributed by atoms with Crippen LogP contribution in [0.5, 0.6) is 0 Å². The van der Waals surface area contributed by atoms with Crippen molar-refractivity contribution in [3.8, 4) is 0 Å². The summed E-state index contributed by atoms with van der Waals surface area (Å²) in [5.74, 6) is 0. The van der Waals surface area contributed by atoms with Gasteiger partial charge in [-0.3, -0.25) is 9.78 Å². The maximum absolute atomic E-state index is 12.4. The van der Waals surface area contributed by atoms with Crippen LogP contribution in [0.3, 0.4) is 0 Å². The highest BCUT2D eigenvalue weighted by Gasteiger charge is 2.05. The average Bonchev–Trinajstić information content (AvgIpc) is 2.45. The highest BCUT2D eigenvalue weighted by Crippen LogP contribution is 2.17. The minimum atomic E-state index is -0.0321. The lowest BCUT2D eigenvalue weighted by Gasteiger charge is -2.08. The van der Waals surface area contributed by atoms with Crippen molar-refractivity contribution in [2.45, 2.75) is 13.5 Å². The summed E-state index contributed by atoms with van der Waals surface area (Å²) in [5, 5.41) is 1.45. The first-order valence-corrected chi connectivity index (χ1v) is 6.44. The van der Waals surface area contributed by atoms with Crippen LogP contribution in [0, 0.1) is 6.92 Å². The van der Waals surface area contributed by atoms with Crippen molar-refractivity contribution in [1.29, 1.82) is 0 Å². The molecule has 2 aromatic heterocycles. The number of anilines is 1. The summed E-state index contributed by atoms with van der Waals surface area (Å²) in [7, 11) is 0. The molecule has 0 aliphatic carbocycles. The van der Waals surface area contributed by atoms with E-state index in [0.29, 0.717) is 17.6 Å². The zero-order chi connectivity index (χ0) is 14.1. The molecule has 3 aromatic rings. The molecule has 0 saturated heterocycles. The topological polar surface area (TPSA) is 60.9 Å². The van der Waals surface area contributed by atoms with Crippen LogP contribution in [0.15, 0.2) is 53.6 Å². The largest absolute Gasteiger partial charge is 0.398 e. The first kappa shape index (κ1) is 12.4. The molecule has 3 rings (SSSR count). The van der Waals surface area contributed by atoms with E-state index in [4.69, 9.17) is 5.73 Å². The fraction of sp³-hybridized carbons (Fsp3) is 0.125. The third kappa shape index (κ3) is 2.16. The summed E-state index contributed by atoms with van der Waals surface area (Å²) in [5.41, 5.74) is 8.45. The van der Waals surface area contributed by atoms with E-state index in [0.717, 1.165) is 16.6 Å². The van der Waals surface area contributed by atoms with E-state index in [-0.39, 0.29) is 5.56 Å². The minimum Gasteiger partial charge on any atom is -0.398 e. The van der Waals surface area contributed by atoms with Crippen LogP contribution in [0.4, 0.5) is 5.69 Å². The number of rotatable bonds is 2. The molecule has 4 nitrogen and oxygen atoms in total. The quantitative estimate of drug-likeness (QED) is 0.723. The summed E-state index contributed by atoms with van der Waals surface area (Å²) in [4.78, 5) is 16.7. The number of aromatic nitrogens is 2. The number of benzene rings is 1. The van der Waals surface area contributed by atoms with Gasteiger partial charge in [-0.25, -0.2) is 0 Å². The van der Waals surface area contributed by atoms with Crippen LogP contribution in [-0.2, 0) is 6.54 Å². The highest BCUT2D eigenvalue weighted by molar-refractivity contribution is 5.91. The van der Waals surface area contributed by atoms with Crippen molar-refractivity contribution in [3.05, 3.63) is 70.4 Å². The Balaban J connectivity index is 2.07. The molecule has 1 aromatic carbocycles. The Morgan fingerprint density at radius 1 is 1.15 bits per heavy atom. The van der Waals surface area contributed by atoms with E-state index in [1.165, 1.54) is 0 Å². The Morgan fingerprint density at radius 3 is 2.75 bits per heavy atom. The van der Waals surface area contributed by atoms with Gasteiger partial charge in [0.1, 0.15) is 0 Å². The molecule has 2 heterocycles. The molecule has 0 atom stereocenters. The highest BCUT2D eigenvalue weighted by atomic mass is 16.1. The molecule has 20 heavy (non-hydrogen) atoms. The molecule has 4 heteroatoms. The number of nitrogens with zero attached hydrogens (tertiary/aromatic N) is 2. The lowest BCUT2D eigenvalue weighted by molar-refractivity contribution is 0.764. The molecule has 0 radical (unpaired) electrons. The van der Waals surface area contributed by atoms with Crippen LogP contribution in [0.1, 0.15) is 11.3 Å². The van der Waals surface area contributed by atoms with E-state index >= 15 is 0 Å².